The molecule has 0 radical (unpaired) electrons. The molecule has 0 saturated carbocycles. The van der Waals surface area contributed by atoms with Crippen LogP contribution in [0.15, 0.2) is 17.1 Å². The molecule has 4 atom stereocenters. The SMILES string of the molecule is CC(C)(C)[C@@H](C(=O)N[C@@H](CCCCN)C(=O)O)N1NC(=O)C[C@H](NC(=O)[C@@H](N=C(N)N)c2cc(O)c(CO)c(O)c2)C1=O. The molecule has 0 bridgehead atoms. The number of hydrazine groups is 1. The lowest BCUT2D eigenvalue weighted by molar-refractivity contribution is -0.161. The summed E-state index contributed by atoms with van der Waals surface area (Å²) in [6, 6.07) is -3.71. The molecule has 1 fully saturated rings. The molecule has 0 aromatic heterocycles. The third-order valence-electron chi connectivity index (χ3n) is 6.60. The summed E-state index contributed by atoms with van der Waals surface area (Å²) in [6.45, 7) is 4.45. The van der Waals surface area contributed by atoms with Crippen molar-refractivity contribution in [1.82, 2.24) is 21.1 Å². The summed E-state index contributed by atoms with van der Waals surface area (Å²) in [5.41, 5.74) is 17.4. The van der Waals surface area contributed by atoms with E-state index in [0.29, 0.717) is 19.4 Å². The number of aliphatic imine (C=N–C) groups is 1. The number of carboxylic acids is 1. The van der Waals surface area contributed by atoms with Gasteiger partial charge in [-0.1, -0.05) is 20.8 Å². The first-order valence-electron chi connectivity index (χ1n) is 13.4. The first-order valence-corrected chi connectivity index (χ1v) is 13.4. The minimum atomic E-state index is -1.60. The summed E-state index contributed by atoms with van der Waals surface area (Å²) in [4.78, 5) is 68.6. The highest BCUT2D eigenvalue weighted by Gasteiger charge is 2.46. The number of benzene rings is 1. The van der Waals surface area contributed by atoms with Gasteiger partial charge in [-0.25, -0.2) is 14.8 Å². The Bertz CT molecular complexity index is 1240. The first-order chi connectivity index (χ1) is 20.0. The number of rotatable bonds is 13. The molecule has 1 saturated heterocycles. The number of aromatic hydroxyl groups is 2. The summed E-state index contributed by atoms with van der Waals surface area (Å²) in [5.74, 6) is -6.41. The molecule has 43 heavy (non-hydrogen) atoms. The first kappa shape index (κ1) is 34.6. The molecule has 1 aromatic carbocycles. The molecular weight excluding hydrogens is 568 g/mol. The van der Waals surface area contributed by atoms with Crippen molar-refractivity contribution in [2.24, 2.45) is 27.6 Å². The Balaban J connectivity index is 2.38. The van der Waals surface area contributed by atoms with Gasteiger partial charge in [0, 0.05) is 0 Å². The molecule has 17 nitrogen and oxygen atoms in total. The summed E-state index contributed by atoms with van der Waals surface area (Å²) >= 11 is 0. The maximum absolute atomic E-state index is 13.6. The second-order valence-corrected chi connectivity index (χ2v) is 11.1. The number of amides is 4. The Labute approximate surface area is 247 Å². The standard InChI is InChI=1S/C26H40N8O9/c1-26(2,3)20(22(40)30-14(24(42)43)6-4-5-7-27)34-23(41)15(10-18(38)33-34)31-21(39)19(32-25(28)29)12-8-16(36)13(11-35)17(37)9-12/h8-9,14-15,19-20,35-37H,4-7,10-11,27H2,1-3H3,(H,30,40)(H,31,39)(H,33,38)(H,42,43)(H4,28,29,32)/t14-,15-,19-,20+/m0/s1. The number of carbonyl (C=O) groups is 5. The van der Waals surface area contributed by atoms with Crippen LogP contribution in [0.2, 0.25) is 0 Å². The second kappa shape index (κ2) is 14.5. The number of nitrogens with two attached hydrogens (primary N) is 3. The van der Waals surface area contributed by atoms with E-state index < -0.39 is 89.7 Å². The van der Waals surface area contributed by atoms with Crippen LogP contribution in [0.1, 0.15) is 63.6 Å². The van der Waals surface area contributed by atoms with Gasteiger partial charge in [0.15, 0.2) is 12.0 Å². The molecule has 1 aliphatic rings. The summed E-state index contributed by atoms with van der Waals surface area (Å²) in [6.07, 6.45) is 0.530. The Morgan fingerprint density at radius 3 is 2.21 bits per heavy atom. The molecule has 13 N–H and O–H groups in total. The van der Waals surface area contributed by atoms with Crippen molar-refractivity contribution >= 4 is 35.6 Å². The quantitative estimate of drug-likeness (QED) is 0.0646. The van der Waals surface area contributed by atoms with Crippen molar-refractivity contribution in [3.8, 4) is 11.5 Å². The van der Waals surface area contributed by atoms with Gasteiger partial charge in [-0.3, -0.25) is 24.6 Å². The van der Waals surface area contributed by atoms with E-state index in [1.165, 1.54) is 0 Å². The zero-order chi connectivity index (χ0) is 32.6. The molecule has 0 spiro atoms. The van der Waals surface area contributed by atoms with E-state index in [0.717, 1.165) is 17.1 Å². The number of guanidine groups is 1. The Kier molecular flexibility index (Phi) is 11.7. The fourth-order valence-electron chi connectivity index (χ4n) is 4.55. The lowest BCUT2D eigenvalue weighted by Crippen LogP contribution is -2.69. The van der Waals surface area contributed by atoms with Crippen LogP contribution in [0.5, 0.6) is 11.5 Å². The lowest BCUT2D eigenvalue weighted by Gasteiger charge is -2.42. The number of nitrogens with zero attached hydrogens (tertiary/aromatic N) is 2. The number of aliphatic hydroxyl groups excluding tert-OH is 1. The number of nitrogens with one attached hydrogen (secondary N) is 3. The second-order valence-electron chi connectivity index (χ2n) is 11.1. The van der Waals surface area contributed by atoms with Crippen molar-refractivity contribution in [3.05, 3.63) is 23.3 Å². The average molecular weight is 609 g/mol. The van der Waals surface area contributed by atoms with E-state index in [9.17, 15) is 44.4 Å². The Morgan fingerprint density at radius 2 is 1.72 bits per heavy atom. The predicted octanol–water partition coefficient (Wildman–Crippen LogP) is -2.23. The topological polar surface area (TPSA) is 296 Å². The minimum absolute atomic E-state index is 0.0880. The summed E-state index contributed by atoms with van der Waals surface area (Å²) < 4.78 is 0. The van der Waals surface area contributed by atoms with E-state index >= 15 is 0 Å². The lowest BCUT2D eigenvalue weighted by atomic mass is 9.84. The smallest absolute Gasteiger partial charge is 0.326 e. The fraction of sp³-hybridized carbons (Fsp3) is 0.538. The molecule has 0 unspecified atom stereocenters. The number of carbonyl (C=O) groups excluding carboxylic acids is 4. The number of aliphatic carboxylic acids is 1. The van der Waals surface area contributed by atoms with Crippen LogP contribution >= 0.6 is 0 Å². The maximum atomic E-state index is 13.6. The summed E-state index contributed by atoms with van der Waals surface area (Å²) in [7, 11) is 0. The van der Waals surface area contributed by atoms with Crippen LogP contribution in [-0.4, -0.2) is 85.7 Å². The molecule has 2 rings (SSSR count). The largest absolute Gasteiger partial charge is 0.507 e. The van der Waals surface area contributed by atoms with E-state index in [2.05, 4.69) is 21.1 Å². The van der Waals surface area contributed by atoms with E-state index in [1.807, 2.05) is 0 Å². The number of unbranched alkanes of at least 4 members (excludes halogenated alkanes) is 1. The van der Waals surface area contributed by atoms with Crippen LogP contribution in [-0.2, 0) is 30.6 Å². The maximum Gasteiger partial charge on any atom is 0.326 e. The average Bonchev–Trinajstić information content (AvgIpc) is 2.88. The van der Waals surface area contributed by atoms with Crippen LogP contribution in [0.3, 0.4) is 0 Å². The third-order valence-corrected chi connectivity index (χ3v) is 6.60. The molecular formula is C26H40N8O9. The number of carboxylic acid groups (broad SMARTS) is 1. The van der Waals surface area contributed by atoms with Crippen molar-refractivity contribution in [2.75, 3.05) is 6.54 Å². The number of phenols is 2. The number of aliphatic hydroxyl groups is 1. The van der Waals surface area contributed by atoms with Gasteiger partial charge >= 0.3 is 5.97 Å². The van der Waals surface area contributed by atoms with E-state index in [1.54, 1.807) is 20.8 Å². The Hall–Kier alpha value is -4.64. The van der Waals surface area contributed by atoms with Gasteiger partial charge < -0.3 is 48.3 Å². The molecule has 1 aromatic rings. The highest BCUT2D eigenvalue weighted by molar-refractivity contribution is 6.00. The molecule has 4 amide bonds. The van der Waals surface area contributed by atoms with Crippen molar-refractivity contribution < 1.29 is 44.4 Å². The van der Waals surface area contributed by atoms with Crippen LogP contribution < -0.4 is 33.3 Å². The van der Waals surface area contributed by atoms with Gasteiger partial charge in [-0.15, -0.1) is 0 Å². The van der Waals surface area contributed by atoms with Gasteiger partial charge in [0.25, 0.3) is 5.91 Å². The minimum Gasteiger partial charge on any atom is -0.507 e. The normalized spacial score (nSPS) is 17.3. The van der Waals surface area contributed by atoms with Gasteiger partial charge in [-0.05, 0) is 48.9 Å². The van der Waals surface area contributed by atoms with Crippen molar-refractivity contribution in [1.29, 1.82) is 0 Å². The Morgan fingerprint density at radius 1 is 1.12 bits per heavy atom. The predicted molar refractivity (Wildman–Crippen MR) is 151 cm³/mol. The fourth-order valence-corrected chi connectivity index (χ4v) is 4.55. The third kappa shape index (κ3) is 8.92. The highest BCUT2D eigenvalue weighted by Crippen LogP contribution is 2.33. The van der Waals surface area contributed by atoms with Crippen LogP contribution in [0.4, 0.5) is 0 Å². The van der Waals surface area contributed by atoms with Gasteiger partial charge in [0.05, 0.1) is 18.6 Å². The van der Waals surface area contributed by atoms with Gasteiger partial charge in [0.1, 0.15) is 29.6 Å². The van der Waals surface area contributed by atoms with Crippen molar-refractivity contribution in [3.63, 3.8) is 0 Å². The molecule has 1 heterocycles. The van der Waals surface area contributed by atoms with Crippen LogP contribution in [0.25, 0.3) is 0 Å². The summed E-state index contributed by atoms with van der Waals surface area (Å²) in [5, 5.41) is 44.8. The number of hydrogen-bond acceptors (Lipinski definition) is 10. The monoisotopic (exact) mass is 608 g/mol. The molecule has 17 heteroatoms. The molecule has 238 valence electrons. The van der Waals surface area contributed by atoms with Gasteiger partial charge in [0.2, 0.25) is 17.7 Å². The van der Waals surface area contributed by atoms with Gasteiger partial charge in [-0.2, -0.15) is 0 Å². The zero-order valence-electron chi connectivity index (χ0n) is 24.2. The molecule has 0 aliphatic carbocycles. The zero-order valence-corrected chi connectivity index (χ0v) is 24.2. The van der Waals surface area contributed by atoms with Crippen LogP contribution in [0, 0.1) is 5.41 Å². The highest BCUT2D eigenvalue weighted by atomic mass is 16.4. The molecule has 1 aliphatic heterocycles. The number of hydrogen-bond donors (Lipinski definition) is 10. The van der Waals surface area contributed by atoms with E-state index in [4.69, 9.17) is 17.2 Å². The van der Waals surface area contributed by atoms with Crippen molar-refractivity contribution in [2.45, 2.75) is 77.2 Å². The van der Waals surface area contributed by atoms with E-state index in [-0.39, 0.29) is 17.5 Å².